The zero-order valence-corrected chi connectivity index (χ0v) is 20.2. The maximum absolute atomic E-state index is 13.2. The number of hydrogen-bond acceptors (Lipinski definition) is 3. The van der Waals surface area contributed by atoms with Crippen molar-refractivity contribution in [2.75, 3.05) is 13.2 Å². The first-order valence-corrected chi connectivity index (χ1v) is 11.0. The van der Waals surface area contributed by atoms with Gasteiger partial charge in [-0.1, -0.05) is 68.2 Å². The Morgan fingerprint density at radius 3 is 2.26 bits per heavy atom. The van der Waals surface area contributed by atoms with Gasteiger partial charge < -0.3 is 15.0 Å². The van der Waals surface area contributed by atoms with Crippen molar-refractivity contribution in [3.8, 4) is 5.75 Å². The fourth-order valence-electron chi connectivity index (χ4n) is 3.19. The Kier molecular flexibility index (Phi) is 8.78. The van der Waals surface area contributed by atoms with E-state index in [1.165, 1.54) is 4.90 Å². The van der Waals surface area contributed by atoms with Crippen LogP contribution in [0, 0.1) is 0 Å². The standard InChI is InChI=1S/C24H30Cl2N2O3/c1-6-27-23(30)16(2)28(14-17-19(25)11-9-12-20(17)26)22(29)15-31-21-13-8-7-10-18(21)24(3,4)5/h7-13,16H,6,14-15H2,1-5H3,(H,27,30)/t16-/m1/s1. The third kappa shape index (κ3) is 6.62. The van der Waals surface area contributed by atoms with Crippen molar-refractivity contribution in [1.82, 2.24) is 10.2 Å². The summed E-state index contributed by atoms with van der Waals surface area (Å²) in [5, 5.41) is 3.63. The molecule has 0 spiro atoms. The molecular weight excluding hydrogens is 435 g/mol. The lowest BCUT2D eigenvalue weighted by Gasteiger charge is -2.30. The largest absolute Gasteiger partial charge is 0.483 e. The third-order valence-electron chi connectivity index (χ3n) is 4.95. The third-order valence-corrected chi connectivity index (χ3v) is 5.66. The molecule has 5 nitrogen and oxygen atoms in total. The van der Waals surface area contributed by atoms with E-state index in [4.69, 9.17) is 27.9 Å². The summed E-state index contributed by atoms with van der Waals surface area (Å²) >= 11 is 12.6. The molecule has 0 fully saturated rings. The Morgan fingerprint density at radius 2 is 1.68 bits per heavy atom. The number of likely N-dealkylation sites (N-methyl/N-ethyl adjacent to an activating group) is 1. The van der Waals surface area contributed by atoms with Gasteiger partial charge in [-0.05, 0) is 43.0 Å². The van der Waals surface area contributed by atoms with Crippen LogP contribution in [0.15, 0.2) is 42.5 Å². The minimum atomic E-state index is -0.721. The summed E-state index contributed by atoms with van der Waals surface area (Å²) in [6, 6.07) is 12.1. The predicted octanol–water partition coefficient (Wildman–Crippen LogP) is 5.22. The molecule has 2 amide bonds. The number of rotatable bonds is 8. The molecule has 0 heterocycles. The van der Waals surface area contributed by atoms with E-state index in [0.717, 1.165) is 5.56 Å². The number of carbonyl (C=O) groups excluding carboxylic acids is 2. The number of para-hydroxylation sites is 1. The van der Waals surface area contributed by atoms with Gasteiger partial charge in [-0.15, -0.1) is 0 Å². The van der Waals surface area contributed by atoms with E-state index in [2.05, 4.69) is 26.1 Å². The molecule has 2 rings (SSSR count). The van der Waals surface area contributed by atoms with Crippen LogP contribution in [0.2, 0.25) is 10.0 Å². The van der Waals surface area contributed by atoms with Gasteiger partial charge in [-0.25, -0.2) is 0 Å². The number of halogens is 2. The van der Waals surface area contributed by atoms with Crippen LogP contribution in [0.5, 0.6) is 5.75 Å². The minimum absolute atomic E-state index is 0.0971. The summed E-state index contributed by atoms with van der Waals surface area (Å²) in [7, 11) is 0. The first kappa shape index (κ1) is 25.0. The molecule has 0 saturated heterocycles. The molecule has 0 aliphatic heterocycles. The number of nitrogens with zero attached hydrogens (tertiary/aromatic N) is 1. The monoisotopic (exact) mass is 464 g/mol. The van der Waals surface area contributed by atoms with Crippen LogP contribution in [0.4, 0.5) is 0 Å². The second-order valence-electron chi connectivity index (χ2n) is 8.33. The molecule has 0 radical (unpaired) electrons. The smallest absolute Gasteiger partial charge is 0.261 e. The average Bonchev–Trinajstić information content (AvgIpc) is 2.71. The van der Waals surface area contributed by atoms with Gasteiger partial charge in [0, 0.05) is 28.7 Å². The highest BCUT2D eigenvalue weighted by Gasteiger charge is 2.28. The number of carbonyl (C=O) groups is 2. The van der Waals surface area contributed by atoms with Gasteiger partial charge in [0.25, 0.3) is 5.91 Å². The van der Waals surface area contributed by atoms with Crippen molar-refractivity contribution in [3.63, 3.8) is 0 Å². The number of benzene rings is 2. The molecule has 0 aliphatic rings. The van der Waals surface area contributed by atoms with E-state index in [9.17, 15) is 9.59 Å². The summed E-state index contributed by atoms with van der Waals surface area (Å²) in [5.74, 6) is 0.0531. The predicted molar refractivity (Wildman–Crippen MR) is 126 cm³/mol. The van der Waals surface area contributed by atoms with Crippen molar-refractivity contribution < 1.29 is 14.3 Å². The molecule has 0 aliphatic carbocycles. The maximum Gasteiger partial charge on any atom is 0.261 e. The molecule has 0 aromatic heterocycles. The van der Waals surface area contributed by atoms with Gasteiger partial charge in [0.2, 0.25) is 5.91 Å². The zero-order valence-electron chi connectivity index (χ0n) is 18.7. The van der Waals surface area contributed by atoms with Crippen molar-refractivity contribution in [2.24, 2.45) is 0 Å². The van der Waals surface area contributed by atoms with Gasteiger partial charge in [-0.2, -0.15) is 0 Å². The highest BCUT2D eigenvalue weighted by Crippen LogP contribution is 2.31. The van der Waals surface area contributed by atoms with Crippen LogP contribution in [0.25, 0.3) is 0 Å². The molecule has 31 heavy (non-hydrogen) atoms. The summed E-state index contributed by atoms with van der Waals surface area (Å²) in [6.45, 7) is 10.1. The molecule has 0 bridgehead atoms. The first-order valence-electron chi connectivity index (χ1n) is 10.3. The molecule has 2 aromatic carbocycles. The fraction of sp³-hybridized carbons (Fsp3) is 0.417. The van der Waals surface area contributed by atoms with E-state index in [0.29, 0.717) is 27.9 Å². The Morgan fingerprint density at radius 1 is 1.06 bits per heavy atom. The lowest BCUT2D eigenvalue weighted by Crippen LogP contribution is -2.49. The summed E-state index contributed by atoms with van der Waals surface area (Å²) in [4.78, 5) is 27.1. The quantitative estimate of drug-likeness (QED) is 0.582. The number of nitrogens with one attached hydrogen (secondary N) is 1. The van der Waals surface area contributed by atoms with Crippen molar-refractivity contribution >= 4 is 35.0 Å². The average molecular weight is 465 g/mol. The molecule has 168 valence electrons. The van der Waals surface area contributed by atoms with Crippen LogP contribution in [-0.4, -0.2) is 35.9 Å². The first-order chi connectivity index (χ1) is 14.6. The van der Waals surface area contributed by atoms with Gasteiger partial charge in [0.05, 0.1) is 0 Å². The summed E-state index contributed by atoms with van der Waals surface area (Å²) < 4.78 is 5.91. The number of ether oxygens (including phenoxy) is 1. The summed E-state index contributed by atoms with van der Waals surface area (Å²) in [5.41, 5.74) is 1.45. The van der Waals surface area contributed by atoms with Crippen LogP contribution < -0.4 is 10.1 Å². The fourth-order valence-corrected chi connectivity index (χ4v) is 3.71. The lowest BCUT2D eigenvalue weighted by atomic mass is 9.86. The number of amides is 2. The van der Waals surface area contributed by atoms with Gasteiger partial charge in [-0.3, -0.25) is 9.59 Å². The highest BCUT2D eigenvalue weighted by atomic mass is 35.5. The Bertz CT molecular complexity index is 905. The second-order valence-corrected chi connectivity index (χ2v) is 9.14. The van der Waals surface area contributed by atoms with Gasteiger partial charge >= 0.3 is 0 Å². The molecule has 2 aromatic rings. The Balaban J connectivity index is 2.28. The number of hydrogen-bond donors (Lipinski definition) is 1. The van der Waals surface area contributed by atoms with Crippen LogP contribution in [0.1, 0.15) is 45.7 Å². The lowest BCUT2D eigenvalue weighted by molar-refractivity contribution is -0.142. The zero-order chi connectivity index (χ0) is 23.2. The van der Waals surface area contributed by atoms with Crippen molar-refractivity contribution in [3.05, 3.63) is 63.6 Å². The van der Waals surface area contributed by atoms with Crippen molar-refractivity contribution in [2.45, 2.75) is 52.6 Å². The van der Waals surface area contributed by atoms with Crippen LogP contribution in [-0.2, 0) is 21.5 Å². The molecular formula is C24H30Cl2N2O3. The van der Waals surface area contributed by atoms with E-state index in [1.54, 1.807) is 25.1 Å². The summed E-state index contributed by atoms with van der Waals surface area (Å²) in [6.07, 6.45) is 0. The van der Waals surface area contributed by atoms with Gasteiger partial charge in [0.1, 0.15) is 11.8 Å². The molecule has 7 heteroatoms. The highest BCUT2D eigenvalue weighted by molar-refractivity contribution is 6.36. The minimum Gasteiger partial charge on any atom is -0.483 e. The SMILES string of the molecule is CCNC(=O)[C@@H](C)N(Cc1c(Cl)cccc1Cl)C(=O)COc1ccccc1C(C)(C)C. The van der Waals surface area contributed by atoms with E-state index in [-0.39, 0.29) is 30.4 Å². The molecule has 1 atom stereocenters. The molecule has 1 N–H and O–H groups in total. The van der Waals surface area contributed by atoms with E-state index < -0.39 is 6.04 Å². The normalized spacial score (nSPS) is 12.2. The van der Waals surface area contributed by atoms with Crippen molar-refractivity contribution in [1.29, 1.82) is 0 Å². The molecule has 0 unspecified atom stereocenters. The topological polar surface area (TPSA) is 58.6 Å². The van der Waals surface area contributed by atoms with Crippen LogP contribution in [0.3, 0.4) is 0 Å². The van der Waals surface area contributed by atoms with E-state index in [1.807, 2.05) is 31.2 Å². The second kappa shape index (κ2) is 10.9. The molecule has 0 saturated carbocycles. The van der Waals surface area contributed by atoms with Crippen LogP contribution >= 0.6 is 23.2 Å². The van der Waals surface area contributed by atoms with E-state index >= 15 is 0 Å². The Labute approximate surface area is 194 Å². The maximum atomic E-state index is 13.2. The Hall–Kier alpha value is -2.24. The van der Waals surface area contributed by atoms with Gasteiger partial charge in [0.15, 0.2) is 6.61 Å².